The third-order valence-electron chi connectivity index (χ3n) is 7.85. The minimum absolute atomic E-state index is 0.232. The predicted molar refractivity (Wildman–Crippen MR) is 117 cm³/mol. The van der Waals surface area contributed by atoms with Gasteiger partial charge in [0.15, 0.2) is 11.6 Å². The summed E-state index contributed by atoms with van der Waals surface area (Å²) in [6, 6.07) is 24.4. The van der Waals surface area contributed by atoms with Crippen LogP contribution in [0.1, 0.15) is 36.0 Å². The Morgan fingerprint density at radius 1 is 0.742 bits per heavy atom. The van der Waals surface area contributed by atoms with Crippen LogP contribution in [0.3, 0.4) is 0 Å². The molecule has 0 radical (unpaired) electrons. The molecule has 2 bridgehead atoms. The second-order valence-corrected chi connectivity index (χ2v) is 9.39. The van der Waals surface area contributed by atoms with Crippen LogP contribution >= 0.6 is 0 Å². The van der Waals surface area contributed by atoms with Crippen molar-refractivity contribution in [2.24, 2.45) is 5.41 Å². The SMILES string of the molecule is OC(c1ccccc1)(c1ccccc1)C12CC[N+](Cc3ccc(F)c(F)c3)(CC1)CC2. The molecule has 1 N–H and O–H groups in total. The molecule has 3 aliphatic heterocycles. The molecule has 31 heavy (non-hydrogen) atoms. The highest BCUT2D eigenvalue weighted by Crippen LogP contribution is 2.57. The monoisotopic (exact) mass is 420 g/mol. The van der Waals surface area contributed by atoms with Gasteiger partial charge in [0.1, 0.15) is 12.1 Å². The van der Waals surface area contributed by atoms with E-state index in [-0.39, 0.29) is 5.41 Å². The summed E-state index contributed by atoms with van der Waals surface area (Å²) in [5.74, 6) is -1.57. The Hall–Kier alpha value is -2.56. The quantitative estimate of drug-likeness (QED) is 0.548. The average molecular weight is 421 g/mol. The average Bonchev–Trinajstić information content (AvgIpc) is 2.83. The van der Waals surface area contributed by atoms with E-state index in [1.165, 1.54) is 12.1 Å². The summed E-state index contributed by atoms with van der Waals surface area (Å²) < 4.78 is 28.0. The van der Waals surface area contributed by atoms with Gasteiger partial charge in [-0.25, -0.2) is 8.78 Å². The maximum atomic E-state index is 13.7. The number of nitrogens with zero attached hydrogens (tertiary/aromatic N) is 1. The van der Waals surface area contributed by atoms with Gasteiger partial charge >= 0.3 is 0 Å². The lowest BCUT2D eigenvalue weighted by Gasteiger charge is -2.60. The highest BCUT2D eigenvalue weighted by molar-refractivity contribution is 5.39. The second-order valence-electron chi connectivity index (χ2n) is 9.39. The number of fused-ring (bicyclic) bond motifs is 3. The zero-order valence-electron chi connectivity index (χ0n) is 17.6. The molecule has 3 aromatic carbocycles. The molecule has 160 valence electrons. The van der Waals surface area contributed by atoms with E-state index in [2.05, 4.69) is 0 Å². The summed E-state index contributed by atoms with van der Waals surface area (Å²) in [6.07, 6.45) is 2.70. The van der Waals surface area contributed by atoms with Crippen LogP contribution < -0.4 is 0 Å². The first-order chi connectivity index (χ1) is 15.0. The normalized spacial score (nSPS) is 25.5. The maximum absolute atomic E-state index is 13.7. The first-order valence-corrected chi connectivity index (χ1v) is 11.1. The van der Waals surface area contributed by atoms with Gasteiger partial charge in [-0.05, 0) is 23.3 Å². The van der Waals surface area contributed by atoms with Gasteiger partial charge in [0.2, 0.25) is 0 Å². The summed E-state index contributed by atoms with van der Waals surface area (Å²) in [7, 11) is 0. The first kappa shape index (κ1) is 20.3. The molecule has 3 fully saturated rings. The molecule has 0 atom stereocenters. The van der Waals surface area contributed by atoms with Crippen molar-refractivity contribution in [3.05, 3.63) is 107 Å². The number of halogens is 2. The number of quaternary nitrogens is 1. The minimum atomic E-state index is -1.05. The van der Waals surface area contributed by atoms with Crippen LogP contribution in [0.15, 0.2) is 78.9 Å². The van der Waals surface area contributed by atoms with Crippen molar-refractivity contribution in [3.63, 3.8) is 0 Å². The Labute approximate surface area is 182 Å². The van der Waals surface area contributed by atoms with Crippen molar-refractivity contribution in [1.29, 1.82) is 0 Å². The molecule has 3 aromatic rings. The molecular weight excluding hydrogens is 392 g/mol. The van der Waals surface area contributed by atoms with Gasteiger partial charge in [-0.15, -0.1) is 0 Å². The lowest BCUT2D eigenvalue weighted by atomic mass is 9.56. The van der Waals surface area contributed by atoms with Crippen molar-refractivity contribution in [2.75, 3.05) is 19.6 Å². The highest BCUT2D eigenvalue weighted by atomic mass is 19.2. The van der Waals surface area contributed by atoms with Crippen LogP contribution in [0.4, 0.5) is 8.78 Å². The van der Waals surface area contributed by atoms with Gasteiger partial charge in [0.05, 0.1) is 19.6 Å². The van der Waals surface area contributed by atoms with Crippen molar-refractivity contribution in [1.82, 2.24) is 0 Å². The van der Waals surface area contributed by atoms with Crippen LogP contribution in [0.5, 0.6) is 0 Å². The first-order valence-electron chi connectivity index (χ1n) is 11.1. The Kier molecular flexibility index (Phi) is 4.95. The van der Waals surface area contributed by atoms with Gasteiger partial charge in [-0.2, -0.15) is 0 Å². The Morgan fingerprint density at radius 2 is 1.26 bits per heavy atom. The summed E-state index contributed by atoms with van der Waals surface area (Å²) in [5.41, 5.74) is 1.46. The van der Waals surface area contributed by atoms with E-state index >= 15 is 0 Å². The third-order valence-corrected chi connectivity index (χ3v) is 7.85. The summed E-state index contributed by atoms with van der Waals surface area (Å²) in [5, 5.41) is 12.4. The Morgan fingerprint density at radius 3 is 1.74 bits per heavy atom. The molecule has 4 heteroatoms. The Bertz CT molecular complexity index is 1000. The van der Waals surface area contributed by atoms with E-state index in [1.54, 1.807) is 6.07 Å². The van der Waals surface area contributed by atoms with E-state index < -0.39 is 17.2 Å². The van der Waals surface area contributed by atoms with Crippen molar-refractivity contribution in [3.8, 4) is 0 Å². The number of piperidine rings is 3. The second kappa shape index (κ2) is 7.54. The van der Waals surface area contributed by atoms with E-state index in [0.29, 0.717) is 6.54 Å². The maximum Gasteiger partial charge on any atom is 0.159 e. The number of hydrogen-bond acceptors (Lipinski definition) is 1. The molecule has 0 saturated carbocycles. The van der Waals surface area contributed by atoms with E-state index in [0.717, 1.165) is 60.1 Å². The van der Waals surface area contributed by atoms with E-state index in [1.807, 2.05) is 60.7 Å². The fraction of sp³-hybridized carbons (Fsp3) is 0.333. The molecule has 2 nitrogen and oxygen atoms in total. The van der Waals surface area contributed by atoms with Gasteiger partial charge in [-0.3, -0.25) is 0 Å². The van der Waals surface area contributed by atoms with Crippen LogP contribution in [-0.4, -0.2) is 29.2 Å². The number of aliphatic hydroxyl groups is 1. The zero-order chi connectivity index (χ0) is 21.5. The molecule has 0 aliphatic carbocycles. The van der Waals surface area contributed by atoms with Crippen molar-refractivity contribution in [2.45, 2.75) is 31.4 Å². The molecule has 3 aliphatic rings. The molecule has 0 spiro atoms. The number of rotatable bonds is 5. The number of hydrogen-bond donors (Lipinski definition) is 1. The predicted octanol–water partition coefficient (Wildman–Crippen LogP) is 5.40. The van der Waals surface area contributed by atoms with Crippen molar-refractivity contribution < 1.29 is 18.4 Å². The molecule has 3 saturated heterocycles. The summed E-state index contributed by atoms with van der Waals surface area (Å²) in [4.78, 5) is 0. The van der Waals surface area contributed by atoms with E-state index in [9.17, 15) is 13.9 Å². The lowest BCUT2D eigenvalue weighted by molar-refractivity contribution is -0.958. The van der Waals surface area contributed by atoms with Gasteiger partial charge in [0, 0.05) is 30.2 Å². The molecular formula is C27H28F2NO+. The molecule has 6 rings (SSSR count). The minimum Gasteiger partial charge on any atom is -0.380 e. The van der Waals surface area contributed by atoms with E-state index in [4.69, 9.17) is 0 Å². The fourth-order valence-corrected chi connectivity index (χ4v) is 6.01. The summed E-state index contributed by atoms with van der Waals surface area (Å²) >= 11 is 0. The smallest absolute Gasteiger partial charge is 0.159 e. The largest absolute Gasteiger partial charge is 0.380 e. The fourth-order valence-electron chi connectivity index (χ4n) is 6.01. The molecule has 3 heterocycles. The Balaban J connectivity index is 1.47. The summed E-state index contributed by atoms with van der Waals surface area (Å²) in [6.45, 7) is 3.51. The van der Waals surface area contributed by atoms with Crippen molar-refractivity contribution >= 4 is 0 Å². The zero-order valence-corrected chi connectivity index (χ0v) is 17.6. The molecule has 0 aromatic heterocycles. The standard InChI is InChI=1S/C27H28F2NO/c28-24-12-11-21(19-25(24)29)20-30-16-13-26(14-17-30,15-18-30)27(31,22-7-3-1-4-8-22)23-9-5-2-6-10-23/h1-12,19,31H,13-18,20H2/q+1. The van der Waals surface area contributed by atoms with Gasteiger partial charge in [0.25, 0.3) is 0 Å². The lowest BCUT2D eigenvalue weighted by Crippen LogP contribution is -2.66. The topological polar surface area (TPSA) is 20.2 Å². The molecule has 0 unspecified atom stereocenters. The number of benzene rings is 3. The van der Waals surface area contributed by atoms with Crippen LogP contribution in [0.2, 0.25) is 0 Å². The third kappa shape index (κ3) is 3.29. The van der Waals surface area contributed by atoms with Crippen LogP contribution in [-0.2, 0) is 12.1 Å². The van der Waals surface area contributed by atoms with Crippen LogP contribution in [0, 0.1) is 17.0 Å². The van der Waals surface area contributed by atoms with Crippen LogP contribution in [0.25, 0.3) is 0 Å². The van der Waals surface area contributed by atoms with Gasteiger partial charge in [-0.1, -0.05) is 66.7 Å². The highest BCUT2D eigenvalue weighted by Gasteiger charge is 2.60. The molecule has 0 amide bonds. The van der Waals surface area contributed by atoms with Gasteiger partial charge < -0.3 is 9.59 Å².